The van der Waals surface area contributed by atoms with Gasteiger partial charge < -0.3 is 5.73 Å². The first-order valence-electron chi connectivity index (χ1n) is 5.25. The Bertz CT molecular complexity index is 634. The number of hydrogen-bond donors (Lipinski definition) is 1. The van der Waals surface area contributed by atoms with Crippen LogP contribution in [0.4, 0.5) is 4.39 Å². The van der Waals surface area contributed by atoms with Crippen LogP contribution in [0.3, 0.4) is 0 Å². The van der Waals surface area contributed by atoms with E-state index in [0.29, 0.717) is 19.5 Å². The molecule has 0 aliphatic heterocycles. The SMILES string of the molecule is NC(c1ccc(Cl)c(Br)c1)c1ccc(Br)c(Cl)c1F. The molecule has 0 aromatic heterocycles. The van der Waals surface area contributed by atoms with Crippen LogP contribution in [0, 0.1) is 5.82 Å². The predicted molar refractivity (Wildman–Crippen MR) is 84.3 cm³/mol. The van der Waals surface area contributed by atoms with E-state index in [2.05, 4.69) is 31.9 Å². The first-order chi connectivity index (χ1) is 8.91. The van der Waals surface area contributed by atoms with Gasteiger partial charge in [0.25, 0.3) is 0 Å². The minimum absolute atomic E-state index is 0.0287. The summed E-state index contributed by atoms with van der Waals surface area (Å²) < 4.78 is 15.3. The lowest BCUT2D eigenvalue weighted by atomic mass is 9.99. The second-order valence-electron chi connectivity index (χ2n) is 3.92. The van der Waals surface area contributed by atoms with Crippen molar-refractivity contribution in [3.05, 3.63) is 66.3 Å². The highest BCUT2D eigenvalue weighted by Crippen LogP contribution is 2.33. The Morgan fingerprint density at radius 1 is 1.05 bits per heavy atom. The lowest BCUT2D eigenvalue weighted by Crippen LogP contribution is -2.14. The molecule has 2 rings (SSSR count). The van der Waals surface area contributed by atoms with Crippen molar-refractivity contribution in [3.63, 3.8) is 0 Å². The highest BCUT2D eigenvalue weighted by atomic mass is 79.9. The molecule has 0 heterocycles. The van der Waals surface area contributed by atoms with Crippen molar-refractivity contribution in [2.24, 2.45) is 5.73 Å². The molecule has 0 saturated carbocycles. The van der Waals surface area contributed by atoms with Crippen molar-refractivity contribution < 1.29 is 4.39 Å². The zero-order valence-electron chi connectivity index (χ0n) is 9.43. The van der Waals surface area contributed by atoms with E-state index < -0.39 is 11.9 Å². The minimum atomic E-state index is -0.612. The Morgan fingerprint density at radius 2 is 1.74 bits per heavy atom. The van der Waals surface area contributed by atoms with Crippen LogP contribution >= 0.6 is 55.1 Å². The van der Waals surface area contributed by atoms with E-state index in [9.17, 15) is 4.39 Å². The van der Waals surface area contributed by atoms with Gasteiger partial charge in [0.2, 0.25) is 0 Å². The van der Waals surface area contributed by atoms with E-state index >= 15 is 0 Å². The first-order valence-corrected chi connectivity index (χ1v) is 7.60. The second kappa shape index (κ2) is 6.10. The van der Waals surface area contributed by atoms with Gasteiger partial charge in [-0.3, -0.25) is 0 Å². The molecule has 0 spiro atoms. The van der Waals surface area contributed by atoms with Crippen LogP contribution in [0.5, 0.6) is 0 Å². The highest BCUT2D eigenvalue weighted by Gasteiger charge is 2.18. The summed E-state index contributed by atoms with van der Waals surface area (Å²) >= 11 is 18.3. The molecule has 6 heteroatoms. The predicted octanol–water partition coefficient (Wildman–Crippen LogP) is 5.71. The summed E-state index contributed by atoms with van der Waals surface area (Å²) in [6.45, 7) is 0. The van der Waals surface area contributed by atoms with Crippen molar-refractivity contribution >= 4 is 55.1 Å². The molecule has 0 saturated heterocycles. The van der Waals surface area contributed by atoms with Gasteiger partial charge in [-0.1, -0.05) is 35.3 Å². The topological polar surface area (TPSA) is 26.0 Å². The number of rotatable bonds is 2. The van der Waals surface area contributed by atoms with Crippen molar-refractivity contribution in [3.8, 4) is 0 Å². The van der Waals surface area contributed by atoms with E-state index in [1.165, 1.54) is 0 Å². The summed E-state index contributed by atoms with van der Waals surface area (Å²) in [5.41, 5.74) is 7.16. The third-order valence-electron chi connectivity index (χ3n) is 2.70. The molecule has 2 aromatic carbocycles. The second-order valence-corrected chi connectivity index (χ2v) is 6.41. The average Bonchev–Trinajstić information content (AvgIpc) is 2.39. The lowest BCUT2D eigenvalue weighted by Gasteiger charge is -2.15. The largest absolute Gasteiger partial charge is 0.320 e. The summed E-state index contributed by atoms with van der Waals surface area (Å²) in [5.74, 6) is -0.519. The molecule has 0 fully saturated rings. The molecule has 1 nitrogen and oxygen atoms in total. The van der Waals surface area contributed by atoms with Crippen molar-refractivity contribution in [1.82, 2.24) is 0 Å². The molecule has 100 valence electrons. The molecular weight excluding hydrogens is 420 g/mol. The zero-order valence-corrected chi connectivity index (χ0v) is 14.1. The molecule has 0 amide bonds. The molecule has 0 aliphatic carbocycles. The zero-order chi connectivity index (χ0) is 14.2. The Hall–Kier alpha value is -0.130. The third-order valence-corrected chi connectivity index (χ3v) is 5.18. The molecule has 0 aliphatic rings. The van der Waals surface area contributed by atoms with Crippen LogP contribution in [0.2, 0.25) is 10.0 Å². The standard InChI is InChI=1S/C13H8Br2Cl2FN/c14-8-3-2-7(12(18)11(8)17)13(19)6-1-4-10(16)9(15)5-6/h1-5,13H,19H2. The summed E-state index contributed by atoms with van der Waals surface area (Å²) in [7, 11) is 0. The molecule has 0 radical (unpaired) electrons. The average molecular weight is 428 g/mol. The highest BCUT2D eigenvalue weighted by molar-refractivity contribution is 9.10. The fraction of sp³-hybridized carbons (Fsp3) is 0.0769. The number of benzene rings is 2. The monoisotopic (exact) mass is 425 g/mol. The quantitative estimate of drug-likeness (QED) is 0.611. The van der Waals surface area contributed by atoms with Gasteiger partial charge >= 0.3 is 0 Å². The van der Waals surface area contributed by atoms with Crippen LogP contribution in [0.1, 0.15) is 17.2 Å². The number of halogens is 5. The maximum absolute atomic E-state index is 14.1. The molecule has 1 atom stereocenters. The fourth-order valence-electron chi connectivity index (χ4n) is 1.67. The van der Waals surface area contributed by atoms with Gasteiger partial charge in [-0.25, -0.2) is 4.39 Å². The first kappa shape index (κ1) is 15.3. The maximum Gasteiger partial charge on any atom is 0.148 e. The van der Waals surface area contributed by atoms with Crippen LogP contribution in [0.15, 0.2) is 39.3 Å². The van der Waals surface area contributed by atoms with Gasteiger partial charge in [-0.2, -0.15) is 0 Å². The van der Waals surface area contributed by atoms with Gasteiger partial charge in [0.1, 0.15) is 5.82 Å². The Labute approximate surface area is 137 Å². The van der Waals surface area contributed by atoms with Crippen molar-refractivity contribution in [1.29, 1.82) is 0 Å². The van der Waals surface area contributed by atoms with Crippen LogP contribution in [-0.2, 0) is 0 Å². The Kier molecular flexibility index (Phi) is 4.90. The van der Waals surface area contributed by atoms with Crippen LogP contribution in [-0.4, -0.2) is 0 Å². The van der Waals surface area contributed by atoms with E-state index in [1.807, 2.05) is 0 Å². The fourth-order valence-corrected chi connectivity index (χ4v) is 2.66. The third kappa shape index (κ3) is 3.14. The molecule has 2 N–H and O–H groups in total. The Balaban J connectivity index is 2.47. The molecule has 1 unspecified atom stereocenters. The van der Waals surface area contributed by atoms with Crippen molar-refractivity contribution in [2.75, 3.05) is 0 Å². The number of nitrogens with two attached hydrogens (primary N) is 1. The summed E-state index contributed by atoms with van der Waals surface area (Å²) in [6, 6.07) is 7.90. The smallest absolute Gasteiger partial charge is 0.148 e. The molecule has 19 heavy (non-hydrogen) atoms. The summed E-state index contributed by atoms with van der Waals surface area (Å²) in [6.07, 6.45) is 0. The van der Waals surface area contributed by atoms with E-state index in [1.54, 1.807) is 30.3 Å². The van der Waals surface area contributed by atoms with Crippen LogP contribution < -0.4 is 5.73 Å². The molecular formula is C13H8Br2Cl2FN. The lowest BCUT2D eigenvalue weighted by molar-refractivity contribution is 0.599. The van der Waals surface area contributed by atoms with Crippen LogP contribution in [0.25, 0.3) is 0 Å². The minimum Gasteiger partial charge on any atom is -0.320 e. The Morgan fingerprint density at radius 3 is 2.37 bits per heavy atom. The summed E-state index contributed by atoms with van der Waals surface area (Å²) in [5, 5.41) is 0.603. The van der Waals surface area contributed by atoms with Gasteiger partial charge in [-0.05, 0) is 55.6 Å². The van der Waals surface area contributed by atoms with E-state index in [-0.39, 0.29) is 5.02 Å². The van der Waals surface area contributed by atoms with Gasteiger partial charge in [0.15, 0.2) is 0 Å². The van der Waals surface area contributed by atoms with Gasteiger partial charge in [0.05, 0.1) is 16.1 Å². The summed E-state index contributed by atoms with van der Waals surface area (Å²) in [4.78, 5) is 0. The van der Waals surface area contributed by atoms with Gasteiger partial charge in [-0.15, -0.1) is 0 Å². The van der Waals surface area contributed by atoms with E-state index in [4.69, 9.17) is 28.9 Å². The van der Waals surface area contributed by atoms with E-state index in [0.717, 1.165) is 5.56 Å². The van der Waals surface area contributed by atoms with Crippen molar-refractivity contribution in [2.45, 2.75) is 6.04 Å². The van der Waals surface area contributed by atoms with Gasteiger partial charge in [0, 0.05) is 14.5 Å². The molecule has 2 aromatic rings. The number of hydrogen-bond acceptors (Lipinski definition) is 1. The maximum atomic E-state index is 14.1. The molecule has 0 bridgehead atoms. The normalized spacial score (nSPS) is 12.5.